The van der Waals surface area contributed by atoms with Crippen molar-refractivity contribution in [1.82, 2.24) is 10.2 Å². The highest BCUT2D eigenvalue weighted by molar-refractivity contribution is 5.91. The van der Waals surface area contributed by atoms with E-state index < -0.39 is 0 Å². The molecule has 0 saturated carbocycles. The molecule has 1 aromatic heterocycles. The molecule has 0 spiro atoms. The van der Waals surface area contributed by atoms with Crippen LogP contribution in [0.1, 0.15) is 19.8 Å². The molecule has 20 heavy (non-hydrogen) atoms. The Morgan fingerprint density at radius 2 is 2.15 bits per heavy atom. The summed E-state index contributed by atoms with van der Waals surface area (Å²) < 4.78 is 5.10. The molecule has 1 atom stereocenters. The number of carbonyl (C=O) groups is 1. The Morgan fingerprint density at radius 3 is 2.70 bits per heavy atom. The summed E-state index contributed by atoms with van der Waals surface area (Å²) in [5.41, 5.74) is 7.15. The Hall–Kier alpha value is -2.21. The lowest BCUT2D eigenvalue weighted by Gasteiger charge is -2.12. The van der Waals surface area contributed by atoms with Crippen molar-refractivity contribution < 1.29 is 9.21 Å². The van der Waals surface area contributed by atoms with Crippen LogP contribution in [0.25, 0.3) is 11.5 Å². The molecule has 106 valence electrons. The third-order valence-corrected chi connectivity index (χ3v) is 3.16. The van der Waals surface area contributed by atoms with Crippen molar-refractivity contribution in [3.8, 4) is 11.5 Å². The van der Waals surface area contributed by atoms with Gasteiger partial charge in [0.25, 0.3) is 0 Å². The number of benzene rings is 1. The fraction of sp³-hybridized carbons (Fsp3) is 0.357. The molecule has 2 aromatic rings. The molecular weight excluding hydrogens is 256 g/mol. The number of carbonyl (C=O) groups excluding carboxylic acids is 1. The monoisotopic (exact) mass is 274 g/mol. The van der Waals surface area contributed by atoms with Crippen LogP contribution in [0.2, 0.25) is 0 Å². The maximum atomic E-state index is 11.8. The zero-order chi connectivity index (χ0) is 14.4. The summed E-state index contributed by atoms with van der Waals surface area (Å²) in [4.78, 5) is 11.8. The van der Waals surface area contributed by atoms with E-state index in [1.54, 1.807) is 12.1 Å². The van der Waals surface area contributed by atoms with E-state index in [2.05, 4.69) is 15.5 Å². The van der Waals surface area contributed by atoms with Gasteiger partial charge in [0.05, 0.1) is 0 Å². The number of nitrogens with zero attached hydrogens (tertiary/aromatic N) is 2. The van der Waals surface area contributed by atoms with Gasteiger partial charge in [-0.2, -0.15) is 0 Å². The van der Waals surface area contributed by atoms with Crippen molar-refractivity contribution in [2.24, 2.45) is 11.7 Å². The first-order valence-corrected chi connectivity index (χ1v) is 6.59. The van der Waals surface area contributed by atoms with Crippen molar-refractivity contribution in [2.45, 2.75) is 19.8 Å². The van der Waals surface area contributed by atoms with Crippen LogP contribution in [0, 0.1) is 5.92 Å². The van der Waals surface area contributed by atoms with E-state index in [1.807, 2.05) is 19.1 Å². The van der Waals surface area contributed by atoms with Gasteiger partial charge in [0.1, 0.15) is 0 Å². The van der Waals surface area contributed by atoms with Gasteiger partial charge in [-0.3, -0.25) is 4.79 Å². The number of nitrogens with one attached hydrogen (secondary N) is 1. The number of hydrogen-bond acceptors (Lipinski definition) is 5. The second-order valence-corrected chi connectivity index (χ2v) is 4.58. The lowest BCUT2D eigenvalue weighted by molar-refractivity contribution is -0.117. The Balaban J connectivity index is 1.95. The smallest absolute Gasteiger partial charge is 0.247 e. The zero-order valence-electron chi connectivity index (χ0n) is 11.4. The number of aromatic nitrogens is 2. The van der Waals surface area contributed by atoms with Crippen LogP contribution >= 0.6 is 0 Å². The molecule has 6 nitrogen and oxygen atoms in total. The lowest BCUT2D eigenvalue weighted by Crippen LogP contribution is -2.21. The fourth-order valence-corrected chi connectivity index (χ4v) is 1.86. The summed E-state index contributed by atoms with van der Waals surface area (Å²) in [6.07, 6.45) is 2.63. The Kier molecular flexibility index (Phi) is 4.84. The van der Waals surface area contributed by atoms with Crippen molar-refractivity contribution in [3.63, 3.8) is 0 Å². The Bertz CT molecular complexity index is 533. The number of anilines is 1. The highest BCUT2D eigenvalue weighted by atomic mass is 16.4. The molecule has 0 aliphatic carbocycles. The summed E-state index contributed by atoms with van der Waals surface area (Å²) in [5, 5.41) is 10.3. The Morgan fingerprint density at radius 1 is 1.40 bits per heavy atom. The SMILES string of the molecule is CCC(CN)CC(=O)Nc1ccc(-c2nnco2)cc1. The second-order valence-electron chi connectivity index (χ2n) is 4.58. The number of rotatable bonds is 6. The summed E-state index contributed by atoms with van der Waals surface area (Å²) >= 11 is 0. The molecule has 1 heterocycles. The van der Waals surface area contributed by atoms with Gasteiger partial charge in [0.15, 0.2) is 0 Å². The van der Waals surface area contributed by atoms with Crippen molar-refractivity contribution >= 4 is 11.6 Å². The molecule has 1 unspecified atom stereocenters. The van der Waals surface area contributed by atoms with Crippen LogP contribution in [0.4, 0.5) is 5.69 Å². The quantitative estimate of drug-likeness (QED) is 0.840. The zero-order valence-corrected chi connectivity index (χ0v) is 11.4. The molecule has 1 amide bonds. The van der Waals surface area contributed by atoms with Gasteiger partial charge in [-0.15, -0.1) is 10.2 Å². The highest BCUT2D eigenvalue weighted by Crippen LogP contribution is 2.19. The largest absolute Gasteiger partial charge is 0.423 e. The van der Waals surface area contributed by atoms with Gasteiger partial charge in [-0.05, 0) is 36.7 Å². The first kappa shape index (κ1) is 14.2. The molecule has 0 bridgehead atoms. The van der Waals surface area contributed by atoms with Crippen molar-refractivity contribution in [1.29, 1.82) is 0 Å². The minimum atomic E-state index is -0.0205. The molecule has 6 heteroatoms. The average molecular weight is 274 g/mol. The predicted octanol–water partition coefficient (Wildman–Crippen LogP) is 2.05. The number of nitrogens with two attached hydrogens (primary N) is 1. The van der Waals surface area contributed by atoms with E-state index in [-0.39, 0.29) is 11.8 Å². The average Bonchev–Trinajstić information content (AvgIpc) is 2.99. The number of amides is 1. The predicted molar refractivity (Wildman–Crippen MR) is 75.8 cm³/mol. The van der Waals surface area contributed by atoms with Gasteiger partial charge in [-0.1, -0.05) is 13.3 Å². The van der Waals surface area contributed by atoms with Crippen molar-refractivity contribution in [3.05, 3.63) is 30.7 Å². The Labute approximate surface area is 117 Å². The minimum absolute atomic E-state index is 0.0205. The maximum Gasteiger partial charge on any atom is 0.247 e. The van der Waals surface area contributed by atoms with Crippen LogP contribution in [-0.4, -0.2) is 22.6 Å². The molecule has 3 N–H and O–H groups in total. The molecule has 0 aliphatic heterocycles. The molecule has 0 fully saturated rings. The molecule has 1 aromatic carbocycles. The molecule has 0 radical (unpaired) electrons. The van der Waals surface area contributed by atoms with Crippen LogP contribution in [0.5, 0.6) is 0 Å². The lowest BCUT2D eigenvalue weighted by atomic mass is 10.0. The summed E-state index contributed by atoms with van der Waals surface area (Å²) in [6, 6.07) is 7.26. The summed E-state index contributed by atoms with van der Waals surface area (Å²) in [7, 11) is 0. The third kappa shape index (κ3) is 3.64. The van der Waals surface area contributed by atoms with Crippen LogP contribution in [0.15, 0.2) is 35.1 Å². The van der Waals surface area contributed by atoms with E-state index in [0.29, 0.717) is 18.9 Å². The van der Waals surface area contributed by atoms with Crippen LogP contribution < -0.4 is 11.1 Å². The normalized spacial score (nSPS) is 12.1. The first-order valence-electron chi connectivity index (χ1n) is 6.59. The third-order valence-electron chi connectivity index (χ3n) is 3.16. The fourth-order valence-electron chi connectivity index (χ4n) is 1.86. The second kappa shape index (κ2) is 6.81. The van der Waals surface area contributed by atoms with Gasteiger partial charge in [0.2, 0.25) is 18.2 Å². The highest BCUT2D eigenvalue weighted by Gasteiger charge is 2.11. The van der Waals surface area contributed by atoms with Gasteiger partial charge >= 0.3 is 0 Å². The number of hydrogen-bond donors (Lipinski definition) is 2. The van der Waals surface area contributed by atoms with Gasteiger partial charge in [-0.25, -0.2) is 0 Å². The van der Waals surface area contributed by atoms with E-state index in [1.165, 1.54) is 6.39 Å². The molecule has 0 saturated heterocycles. The van der Waals surface area contributed by atoms with Crippen molar-refractivity contribution in [2.75, 3.05) is 11.9 Å². The topological polar surface area (TPSA) is 94.0 Å². The molecule has 0 aliphatic rings. The van der Waals surface area contributed by atoms with Gasteiger partial charge < -0.3 is 15.5 Å². The summed E-state index contributed by atoms with van der Waals surface area (Å²) in [5.74, 6) is 0.664. The first-order chi connectivity index (χ1) is 9.72. The molecule has 2 rings (SSSR count). The standard InChI is InChI=1S/C14H18N4O2/c1-2-10(8-15)7-13(19)17-12-5-3-11(4-6-12)14-18-16-9-20-14/h3-6,9-10H,2,7-8,15H2,1H3,(H,17,19). The van der Waals surface area contributed by atoms with E-state index in [4.69, 9.17) is 10.2 Å². The van der Waals surface area contributed by atoms with Gasteiger partial charge in [0, 0.05) is 17.7 Å². The maximum absolute atomic E-state index is 11.8. The van der Waals surface area contributed by atoms with E-state index in [0.717, 1.165) is 17.7 Å². The summed E-state index contributed by atoms with van der Waals surface area (Å²) in [6.45, 7) is 2.56. The van der Waals surface area contributed by atoms with E-state index >= 15 is 0 Å². The van der Waals surface area contributed by atoms with Crippen LogP contribution in [0.3, 0.4) is 0 Å². The van der Waals surface area contributed by atoms with E-state index in [9.17, 15) is 4.79 Å². The molecular formula is C14H18N4O2. The minimum Gasteiger partial charge on any atom is -0.423 e. The van der Waals surface area contributed by atoms with Crippen LogP contribution in [-0.2, 0) is 4.79 Å².